The van der Waals surface area contributed by atoms with Crippen molar-refractivity contribution in [3.05, 3.63) is 22.7 Å². The summed E-state index contributed by atoms with van der Waals surface area (Å²) < 4.78 is 27.5. The molecule has 0 aromatic heterocycles. The lowest BCUT2D eigenvalue weighted by Gasteiger charge is -2.27. The first-order valence-electron chi connectivity index (χ1n) is 6.09. The van der Waals surface area contributed by atoms with Crippen LogP contribution < -0.4 is 10.5 Å². The van der Waals surface area contributed by atoms with E-state index in [1.54, 1.807) is 6.07 Å². The smallest absolute Gasteiger partial charge is 0.240 e. The number of rotatable bonds is 4. The summed E-state index contributed by atoms with van der Waals surface area (Å²) in [4.78, 5) is 0.217. The van der Waals surface area contributed by atoms with E-state index in [0.717, 1.165) is 0 Å². The van der Waals surface area contributed by atoms with Crippen molar-refractivity contribution in [3.8, 4) is 0 Å². The molecule has 19 heavy (non-hydrogen) atoms. The molecule has 0 bridgehead atoms. The molecule has 0 fully saturated rings. The zero-order valence-corrected chi connectivity index (χ0v) is 14.1. The molecule has 0 spiro atoms. The van der Waals surface area contributed by atoms with E-state index in [-0.39, 0.29) is 16.2 Å². The predicted molar refractivity (Wildman–Crippen MR) is 82.4 cm³/mol. The Labute approximate surface area is 124 Å². The molecule has 0 heterocycles. The number of sulfonamides is 1. The number of nitrogen functional groups attached to an aromatic ring is 1. The van der Waals surface area contributed by atoms with Crippen LogP contribution in [-0.4, -0.2) is 15.0 Å². The summed E-state index contributed by atoms with van der Waals surface area (Å²) in [6, 6.07) is 4.59. The van der Waals surface area contributed by atoms with Crippen LogP contribution in [0.15, 0.2) is 27.6 Å². The molecular formula is C13H21BrN2O2S. The van der Waals surface area contributed by atoms with Gasteiger partial charge in [0, 0.05) is 16.7 Å². The molecular weight excluding hydrogens is 328 g/mol. The van der Waals surface area contributed by atoms with Crippen LogP contribution in [0.2, 0.25) is 0 Å². The minimum absolute atomic E-state index is 0.0597. The second-order valence-electron chi connectivity index (χ2n) is 5.80. The molecule has 0 saturated carbocycles. The maximum Gasteiger partial charge on any atom is 0.240 e. The Bertz CT molecular complexity index is 550. The van der Waals surface area contributed by atoms with Crippen LogP contribution in [0, 0.1) is 11.3 Å². The van der Waals surface area contributed by atoms with E-state index in [2.05, 4.69) is 41.4 Å². The fourth-order valence-corrected chi connectivity index (χ4v) is 2.99. The van der Waals surface area contributed by atoms with Crippen molar-refractivity contribution in [1.82, 2.24) is 4.72 Å². The molecule has 1 aromatic rings. The highest BCUT2D eigenvalue weighted by Crippen LogP contribution is 2.26. The maximum absolute atomic E-state index is 12.2. The van der Waals surface area contributed by atoms with Crippen molar-refractivity contribution in [2.24, 2.45) is 11.3 Å². The largest absolute Gasteiger partial charge is 0.398 e. The SMILES string of the molecule is CC(CNS(=O)(=O)c1ccc(N)c(Br)c1)C(C)(C)C. The van der Waals surface area contributed by atoms with Crippen LogP contribution in [0.3, 0.4) is 0 Å². The van der Waals surface area contributed by atoms with Gasteiger partial charge in [0.05, 0.1) is 4.90 Å². The molecule has 0 saturated heterocycles. The van der Waals surface area contributed by atoms with Gasteiger partial charge in [-0.15, -0.1) is 0 Å². The second-order valence-corrected chi connectivity index (χ2v) is 8.42. The Balaban J connectivity index is 2.85. The molecule has 0 amide bonds. The maximum atomic E-state index is 12.2. The van der Waals surface area contributed by atoms with Gasteiger partial charge in [-0.3, -0.25) is 0 Å². The van der Waals surface area contributed by atoms with E-state index in [9.17, 15) is 8.42 Å². The van der Waals surface area contributed by atoms with Crippen molar-refractivity contribution in [1.29, 1.82) is 0 Å². The zero-order chi connectivity index (χ0) is 14.8. The Morgan fingerprint density at radius 3 is 2.42 bits per heavy atom. The molecule has 0 aliphatic heterocycles. The molecule has 3 N–H and O–H groups in total. The Kier molecular flexibility index (Phi) is 5.03. The monoisotopic (exact) mass is 348 g/mol. The molecule has 4 nitrogen and oxygen atoms in total. The van der Waals surface area contributed by atoms with Crippen molar-refractivity contribution in [3.63, 3.8) is 0 Å². The molecule has 1 rings (SSSR count). The lowest BCUT2D eigenvalue weighted by molar-refractivity contribution is 0.263. The third-order valence-corrected chi connectivity index (χ3v) is 5.45. The van der Waals surface area contributed by atoms with Crippen LogP contribution in [0.4, 0.5) is 5.69 Å². The summed E-state index contributed by atoms with van der Waals surface area (Å²) in [5, 5.41) is 0. The van der Waals surface area contributed by atoms with E-state index in [0.29, 0.717) is 16.7 Å². The molecule has 6 heteroatoms. The standard InChI is InChI=1S/C13H21BrN2O2S/c1-9(13(2,3)4)8-16-19(17,18)10-5-6-12(15)11(14)7-10/h5-7,9,16H,8,15H2,1-4H3. The third-order valence-electron chi connectivity index (χ3n) is 3.34. The van der Waals surface area contributed by atoms with Crippen molar-refractivity contribution >= 4 is 31.6 Å². The Morgan fingerprint density at radius 2 is 1.95 bits per heavy atom. The molecule has 108 valence electrons. The predicted octanol–water partition coefficient (Wildman–Crippen LogP) is 2.99. The van der Waals surface area contributed by atoms with E-state index in [4.69, 9.17) is 5.73 Å². The zero-order valence-electron chi connectivity index (χ0n) is 11.7. The average Bonchev–Trinajstić information content (AvgIpc) is 2.28. The minimum atomic E-state index is -3.49. The highest BCUT2D eigenvalue weighted by Gasteiger charge is 2.23. The van der Waals surface area contributed by atoms with Gasteiger partial charge in [0.1, 0.15) is 0 Å². The van der Waals surface area contributed by atoms with Gasteiger partial charge in [-0.1, -0.05) is 27.7 Å². The fraction of sp³-hybridized carbons (Fsp3) is 0.538. The van der Waals surface area contributed by atoms with Crippen molar-refractivity contribution in [2.45, 2.75) is 32.6 Å². The summed E-state index contributed by atoms with van der Waals surface area (Å²) in [5.74, 6) is 0.236. The number of nitrogens with two attached hydrogens (primary N) is 1. The first-order chi connectivity index (χ1) is 8.54. The summed E-state index contributed by atoms with van der Waals surface area (Å²) in [5.41, 5.74) is 6.22. The number of nitrogens with one attached hydrogen (secondary N) is 1. The van der Waals surface area contributed by atoms with Gasteiger partial charge < -0.3 is 5.73 Å². The highest BCUT2D eigenvalue weighted by molar-refractivity contribution is 9.10. The topological polar surface area (TPSA) is 72.2 Å². The first-order valence-corrected chi connectivity index (χ1v) is 8.36. The van der Waals surface area contributed by atoms with Gasteiger partial charge in [0.25, 0.3) is 0 Å². The number of halogens is 1. The summed E-state index contributed by atoms with van der Waals surface area (Å²) in [7, 11) is -3.49. The van der Waals surface area contributed by atoms with Crippen molar-refractivity contribution in [2.75, 3.05) is 12.3 Å². The van der Waals surface area contributed by atoms with Gasteiger partial charge in [-0.25, -0.2) is 13.1 Å². The Morgan fingerprint density at radius 1 is 1.37 bits per heavy atom. The number of hydrogen-bond acceptors (Lipinski definition) is 3. The highest BCUT2D eigenvalue weighted by atomic mass is 79.9. The quantitative estimate of drug-likeness (QED) is 0.821. The van der Waals surface area contributed by atoms with Crippen LogP contribution in [0.5, 0.6) is 0 Å². The Hall–Kier alpha value is -0.590. The lowest BCUT2D eigenvalue weighted by Crippen LogP contribution is -2.33. The molecule has 0 aliphatic rings. The van der Waals surface area contributed by atoms with Crippen molar-refractivity contribution < 1.29 is 8.42 Å². The van der Waals surface area contributed by atoms with Crippen LogP contribution in [0.25, 0.3) is 0 Å². The van der Waals surface area contributed by atoms with Gasteiger partial charge >= 0.3 is 0 Å². The van der Waals surface area contributed by atoms with Crippen LogP contribution in [0.1, 0.15) is 27.7 Å². The fourth-order valence-electron chi connectivity index (χ4n) is 1.30. The number of anilines is 1. The van der Waals surface area contributed by atoms with Gasteiger partial charge in [-0.2, -0.15) is 0 Å². The third kappa shape index (κ3) is 4.47. The molecule has 0 aliphatic carbocycles. The summed E-state index contributed by atoms with van der Waals surface area (Å²) >= 11 is 3.23. The summed E-state index contributed by atoms with van der Waals surface area (Å²) in [6.45, 7) is 8.71. The average molecular weight is 349 g/mol. The van der Waals surface area contributed by atoms with Crippen LogP contribution >= 0.6 is 15.9 Å². The van der Waals surface area contributed by atoms with E-state index < -0.39 is 10.0 Å². The van der Waals surface area contributed by atoms with E-state index in [1.807, 2.05) is 6.92 Å². The van der Waals surface area contributed by atoms with Gasteiger partial charge in [0.2, 0.25) is 10.0 Å². The summed E-state index contributed by atoms with van der Waals surface area (Å²) in [6.07, 6.45) is 0. The molecule has 1 atom stereocenters. The number of benzene rings is 1. The first kappa shape index (κ1) is 16.5. The molecule has 0 radical (unpaired) electrons. The van der Waals surface area contributed by atoms with Gasteiger partial charge in [0.15, 0.2) is 0 Å². The molecule has 1 unspecified atom stereocenters. The molecule has 1 aromatic carbocycles. The number of hydrogen-bond donors (Lipinski definition) is 2. The van der Waals surface area contributed by atoms with Crippen LogP contribution in [-0.2, 0) is 10.0 Å². The lowest BCUT2D eigenvalue weighted by atomic mass is 9.82. The minimum Gasteiger partial charge on any atom is -0.398 e. The normalized spacial score (nSPS) is 14.4. The van der Waals surface area contributed by atoms with E-state index in [1.165, 1.54) is 12.1 Å². The second kappa shape index (κ2) is 5.81. The van der Waals surface area contributed by atoms with E-state index >= 15 is 0 Å². The van der Waals surface area contributed by atoms with Gasteiger partial charge in [-0.05, 0) is 45.5 Å².